The molecule has 0 unspecified atom stereocenters. The number of aryl methyl sites for hydroxylation is 1. The minimum Gasteiger partial charge on any atom is -0.343 e. The SMILES string of the molecule is O=C(CCc1nc2ccccc2[nH]1)N1CCC(Cc2ccc(=O)[nH]c2)CC1. The van der Waals surface area contributed by atoms with Crippen LogP contribution in [0.2, 0.25) is 0 Å². The zero-order valence-electron chi connectivity index (χ0n) is 15.3. The van der Waals surface area contributed by atoms with Crippen LogP contribution in [-0.2, 0) is 17.6 Å². The van der Waals surface area contributed by atoms with Gasteiger partial charge in [-0.3, -0.25) is 9.59 Å². The lowest BCUT2D eigenvalue weighted by Crippen LogP contribution is -2.39. The zero-order valence-corrected chi connectivity index (χ0v) is 15.3. The zero-order chi connectivity index (χ0) is 18.6. The van der Waals surface area contributed by atoms with Crippen molar-refractivity contribution in [3.8, 4) is 0 Å². The Morgan fingerprint density at radius 3 is 2.70 bits per heavy atom. The first-order valence-electron chi connectivity index (χ1n) is 9.56. The first-order chi connectivity index (χ1) is 13.2. The number of hydrogen-bond acceptors (Lipinski definition) is 3. The van der Waals surface area contributed by atoms with Crippen LogP contribution in [0, 0.1) is 5.92 Å². The molecule has 0 saturated carbocycles. The highest BCUT2D eigenvalue weighted by Gasteiger charge is 2.23. The summed E-state index contributed by atoms with van der Waals surface area (Å²) in [6.45, 7) is 1.62. The molecule has 2 N–H and O–H groups in total. The molecule has 0 spiro atoms. The molecule has 6 heteroatoms. The molecular formula is C21H24N4O2. The predicted octanol–water partition coefficient (Wildman–Crippen LogP) is 2.67. The van der Waals surface area contributed by atoms with Crippen molar-refractivity contribution >= 4 is 16.9 Å². The number of H-pyrrole nitrogens is 2. The van der Waals surface area contributed by atoms with Gasteiger partial charge < -0.3 is 14.9 Å². The number of likely N-dealkylation sites (tertiary alicyclic amines) is 1. The number of amides is 1. The van der Waals surface area contributed by atoms with E-state index in [4.69, 9.17) is 0 Å². The number of pyridine rings is 1. The second-order valence-corrected chi connectivity index (χ2v) is 7.29. The number of rotatable bonds is 5. The molecule has 1 aromatic carbocycles. The van der Waals surface area contributed by atoms with E-state index in [1.807, 2.05) is 35.2 Å². The van der Waals surface area contributed by atoms with Crippen molar-refractivity contribution in [3.63, 3.8) is 0 Å². The molecule has 1 aliphatic rings. The Balaban J connectivity index is 1.25. The first-order valence-corrected chi connectivity index (χ1v) is 9.56. The number of aromatic amines is 2. The molecule has 27 heavy (non-hydrogen) atoms. The number of para-hydroxylation sites is 2. The third-order valence-corrected chi connectivity index (χ3v) is 5.35. The second-order valence-electron chi connectivity index (χ2n) is 7.29. The number of fused-ring (bicyclic) bond motifs is 1. The average Bonchev–Trinajstić information content (AvgIpc) is 3.11. The number of carbonyl (C=O) groups excluding carboxylic acids is 1. The third-order valence-electron chi connectivity index (χ3n) is 5.35. The molecule has 0 aliphatic carbocycles. The lowest BCUT2D eigenvalue weighted by atomic mass is 9.90. The maximum atomic E-state index is 12.5. The predicted molar refractivity (Wildman–Crippen MR) is 104 cm³/mol. The Kier molecular flexibility index (Phi) is 5.05. The third kappa shape index (κ3) is 4.27. The number of piperidine rings is 1. The van der Waals surface area contributed by atoms with Gasteiger partial charge in [-0.2, -0.15) is 0 Å². The molecule has 1 aliphatic heterocycles. The van der Waals surface area contributed by atoms with Crippen LogP contribution in [0.3, 0.4) is 0 Å². The molecule has 6 nitrogen and oxygen atoms in total. The smallest absolute Gasteiger partial charge is 0.247 e. The topological polar surface area (TPSA) is 81.8 Å². The molecule has 0 bridgehead atoms. The number of nitrogens with zero attached hydrogens (tertiary/aromatic N) is 2. The molecule has 0 atom stereocenters. The van der Waals surface area contributed by atoms with Gasteiger partial charge in [-0.25, -0.2) is 4.98 Å². The van der Waals surface area contributed by atoms with E-state index in [0.29, 0.717) is 18.8 Å². The quantitative estimate of drug-likeness (QED) is 0.730. The van der Waals surface area contributed by atoms with Gasteiger partial charge in [-0.15, -0.1) is 0 Å². The number of carbonyl (C=O) groups is 1. The molecule has 1 saturated heterocycles. The van der Waals surface area contributed by atoms with Gasteiger partial charge in [0, 0.05) is 38.2 Å². The summed E-state index contributed by atoms with van der Waals surface area (Å²) >= 11 is 0. The molecule has 2 aromatic heterocycles. The van der Waals surface area contributed by atoms with E-state index in [2.05, 4.69) is 15.0 Å². The van der Waals surface area contributed by atoms with Crippen LogP contribution in [0.5, 0.6) is 0 Å². The van der Waals surface area contributed by atoms with Crippen molar-refractivity contribution in [1.29, 1.82) is 0 Å². The summed E-state index contributed by atoms with van der Waals surface area (Å²) in [6, 6.07) is 11.4. The van der Waals surface area contributed by atoms with Gasteiger partial charge in [0.25, 0.3) is 0 Å². The van der Waals surface area contributed by atoms with Crippen LogP contribution < -0.4 is 5.56 Å². The maximum absolute atomic E-state index is 12.5. The largest absolute Gasteiger partial charge is 0.343 e. The van der Waals surface area contributed by atoms with Crippen LogP contribution >= 0.6 is 0 Å². The summed E-state index contributed by atoms with van der Waals surface area (Å²) in [4.78, 5) is 36.2. The molecule has 1 amide bonds. The standard InChI is InChI=1S/C21H24N4O2/c26-20-7-5-16(14-22-20)13-15-9-11-25(12-10-15)21(27)8-6-19-23-17-3-1-2-4-18(17)24-19/h1-5,7,14-15H,6,8-13H2,(H,22,26)(H,23,24). The highest BCUT2D eigenvalue weighted by atomic mass is 16.2. The van der Waals surface area contributed by atoms with E-state index in [1.165, 1.54) is 0 Å². The van der Waals surface area contributed by atoms with Crippen LogP contribution in [0.1, 0.15) is 30.7 Å². The summed E-state index contributed by atoms with van der Waals surface area (Å²) in [5.41, 5.74) is 3.05. The Hall–Kier alpha value is -2.89. The Labute approximate surface area is 157 Å². The number of benzene rings is 1. The van der Waals surface area contributed by atoms with Gasteiger partial charge in [0.2, 0.25) is 11.5 Å². The summed E-state index contributed by atoms with van der Waals surface area (Å²) < 4.78 is 0. The minimum absolute atomic E-state index is 0.0661. The molecular weight excluding hydrogens is 340 g/mol. The van der Waals surface area contributed by atoms with Crippen LogP contribution in [0.15, 0.2) is 47.4 Å². The van der Waals surface area contributed by atoms with Gasteiger partial charge in [0.1, 0.15) is 5.82 Å². The average molecular weight is 364 g/mol. The molecule has 140 valence electrons. The normalized spacial score (nSPS) is 15.3. The summed E-state index contributed by atoms with van der Waals surface area (Å²) in [7, 11) is 0. The van der Waals surface area contributed by atoms with Crippen LogP contribution in [0.4, 0.5) is 0 Å². The molecule has 4 rings (SSSR count). The number of hydrogen-bond donors (Lipinski definition) is 2. The lowest BCUT2D eigenvalue weighted by molar-refractivity contribution is -0.132. The molecule has 1 fully saturated rings. The van der Waals surface area contributed by atoms with Crippen molar-refractivity contribution in [2.75, 3.05) is 13.1 Å². The Bertz CT molecular complexity index is 930. The van der Waals surface area contributed by atoms with E-state index >= 15 is 0 Å². The summed E-state index contributed by atoms with van der Waals surface area (Å²) in [6.07, 6.45) is 5.91. The summed E-state index contributed by atoms with van der Waals surface area (Å²) in [5.74, 6) is 1.64. The Morgan fingerprint density at radius 2 is 1.96 bits per heavy atom. The van der Waals surface area contributed by atoms with Crippen molar-refractivity contribution in [3.05, 3.63) is 64.3 Å². The molecule has 3 aromatic rings. The number of nitrogens with one attached hydrogen (secondary N) is 2. The van der Waals surface area contributed by atoms with Crippen LogP contribution in [0.25, 0.3) is 11.0 Å². The van der Waals surface area contributed by atoms with E-state index in [-0.39, 0.29) is 11.5 Å². The van der Waals surface area contributed by atoms with E-state index in [0.717, 1.165) is 54.8 Å². The van der Waals surface area contributed by atoms with Gasteiger partial charge in [-0.1, -0.05) is 18.2 Å². The highest BCUT2D eigenvalue weighted by molar-refractivity contribution is 5.77. The van der Waals surface area contributed by atoms with E-state index < -0.39 is 0 Å². The first kappa shape index (κ1) is 17.5. The minimum atomic E-state index is -0.0661. The van der Waals surface area contributed by atoms with Gasteiger partial charge in [0.15, 0.2) is 0 Å². The van der Waals surface area contributed by atoms with E-state index in [9.17, 15) is 9.59 Å². The van der Waals surface area contributed by atoms with Gasteiger partial charge in [0.05, 0.1) is 11.0 Å². The lowest BCUT2D eigenvalue weighted by Gasteiger charge is -2.32. The van der Waals surface area contributed by atoms with Crippen molar-refractivity contribution in [1.82, 2.24) is 19.9 Å². The fraction of sp³-hybridized carbons (Fsp3) is 0.381. The van der Waals surface area contributed by atoms with Gasteiger partial charge >= 0.3 is 0 Å². The summed E-state index contributed by atoms with van der Waals surface area (Å²) in [5, 5.41) is 0. The number of imidazole rings is 1. The van der Waals surface area contributed by atoms with Crippen LogP contribution in [-0.4, -0.2) is 38.8 Å². The fourth-order valence-corrected chi connectivity index (χ4v) is 3.80. The second kappa shape index (κ2) is 7.78. The van der Waals surface area contributed by atoms with E-state index in [1.54, 1.807) is 12.3 Å². The molecule has 3 heterocycles. The maximum Gasteiger partial charge on any atom is 0.247 e. The Morgan fingerprint density at radius 1 is 1.15 bits per heavy atom. The monoisotopic (exact) mass is 364 g/mol. The number of aromatic nitrogens is 3. The highest BCUT2D eigenvalue weighted by Crippen LogP contribution is 2.22. The van der Waals surface area contributed by atoms with Crippen molar-refractivity contribution in [2.45, 2.75) is 32.1 Å². The molecule has 0 radical (unpaired) electrons. The van der Waals surface area contributed by atoms with Crippen molar-refractivity contribution < 1.29 is 4.79 Å². The van der Waals surface area contributed by atoms with Crippen molar-refractivity contribution in [2.24, 2.45) is 5.92 Å². The van der Waals surface area contributed by atoms with Gasteiger partial charge in [-0.05, 0) is 42.9 Å². The fourth-order valence-electron chi connectivity index (χ4n) is 3.80.